The largest absolute Gasteiger partial charge is 0.449 e. The summed E-state index contributed by atoms with van der Waals surface area (Å²) in [6.07, 6.45) is 4.29. The van der Waals surface area contributed by atoms with E-state index in [0.29, 0.717) is 25.5 Å². The standard InChI is InChI=1S/C18H30N4O3/c1-15-19-16(13-25-15)12-21-9-8-20(2)18(14-21)5-4-17(23)22(7-6-18)10-11-24-3/h13H,4-12,14H2,1-3H3. The van der Waals surface area contributed by atoms with Crippen LogP contribution in [0.15, 0.2) is 10.7 Å². The number of nitrogens with zero attached hydrogens (tertiary/aromatic N) is 4. The molecule has 1 amide bonds. The zero-order valence-corrected chi connectivity index (χ0v) is 15.7. The molecule has 2 aliphatic heterocycles. The summed E-state index contributed by atoms with van der Waals surface area (Å²) in [4.78, 5) is 23.8. The van der Waals surface area contributed by atoms with Crippen molar-refractivity contribution in [2.45, 2.75) is 38.3 Å². The van der Waals surface area contributed by atoms with Gasteiger partial charge in [0.1, 0.15) is 6.26 Å². The number of aromatic nitrogens is 1. The molecule has 2 saturated heterocycles. The lowest BCUT2D eigenvalue weighted by molar-refractivity contribution is -0.131. The van der Waals surface area contributed by atoms with Crippen LogP contribution in [0, 0.1) is 6.92 Å². The maximum atomic E-state index is 12.4. The highest BCUT2D eigenvalue weighted by atomic mass is 16.5. The minimum absolute atomic E-state index is 0.0640. The fourth-order valence-corrected chi connectivity index (χ4v) is 4.06. The molecule has 2 fully saturated rings. The van der Waals surface area contributed by atoms with Gasteiger partial charge in [0, 0.05) is 65.3 Å². The Bertz CT molecular complexity index is 591. The second kappa shape index (κ2) is 7.85. The maximum absolute atomic E-state index is 12.4. The Labute approximate surface area is 149 Å². The van der Waals surface area contributed by atoms with E-state index in [0.717, 1.165) is 51.3 Å². The van der Waals surface area contributed by atoms with E-state index in [2.05, 4.69) is 21.8 Å². The van der Waals surface area contributed by atoms with Gasteiger partial charge in [-0.1, -0.05) is 0 Å². The Balaban J connectivity index is 1.66. The first-order chi connectivity index (χ1) is 12.0. The number of oxazole rings is 1. The first kappa shape index (κ1) is 18.4. The topological polar surface area (TPSA) is 62.1 Å². The van der Waals surface area contributed by atoms with E-state index in [-0.39, 0.29) is 11.4 Å². The summed E-state index contributed by atoms with van der Waals surface area (Å²) < 4.78 is 10.5. The Hall–Kier alpha value is -1.44. The van der Waals surface area contributed by atoms with E-state index < -0.39 is 0 Å². The van der Waals surface area contributed by atoms with Crippen LogP contribution >= 0.6 is 0 Å². The molecule has 0 radical (unpaired) electrons. The number of carbonyl (C=O) groups excluding carboxylic acids is 1. The molecule has 3 rings (SSSR count). The molecule has 25 heavy (non-hydrogen) atoms. The molecule has 1 unspecified atom stereocenters. The van der Waals surface area contributed by atoms with Gasteiger partial charge in [0.2, 0.25) is 5.91 Å². The van der Waals surface area contributed by atoms with Gasteiger partial charge in [-0.3, -0.25) is 14.6 Å². The van der Waals surface area contributed by atoms with Crippen LogP contribution in [-0.2, 0) is 16.1 Å². The minimum atomic E-state index is 0.0640. The molecule has 0 aliphatic carbocycles. The number of likely N-dealkylation sites (tertiary alicyclic amines) is 1. The van der Waals surface area contributed by atoms with Gasteiger partial charge in [-0.2, -0.15) is 0 Å². The predicted octanol–water partition coefficient (Wildman–Crippen LogP) is 1.13. The zero-order valence-electron chi connectivity index (χ0n) is 15.7. The summed E-state index contributed by atoms with van der Waals surface area (Å²) in [7, 11) is 3.88. The van der Waals surface area contributed by atoms with Gasteiger partial charge in [0.05, 0.1) is 12.3 Å². The Morgan fingerprint density at radius 1 is 1.32 bits per heavy atom. The first-order valence-corrected chi connectivity index (χ1v) is 9.14. The number of likely N-dealkylation sites (N-methyl/N-ethyl adjacent to an activating group) is 1. The summed E-state index contributed by atoms with van der Waals surface area (Å²) in [5.41, 5.74) is 1.05. The Morgan fingerprint density at radius 2 is 2.16 bits per heavy atom. The molecule has 7 nitrogen and oxygen atoms in total. The van der Waals surface area contributed by atoms with E-state index in [1.807, 2.05) is 11.8 Å². The van der Waals surface area contributed by atoms with Crippen LogP contribution in [0.3, 0.4) is 0 Å². The lowest BCUT2D eigenvalue weighted by Gasteiger charge is -2.49. The van der Waals surface area contributed by atoms with Crippen molar-refractivity contribution in [1.29, 1.82) is 0 Å². The minimum Gasteiger partial charge on any atom is -0.449 e. The highest BCUT2D eigenvalue weighted by molar-refractivity contribution is 5.76. The number of rotatable bonds is 5. The molecule has 2 aliphatic rings. The van der Waals surface area contributed by atoms with E-state index in [1.54, 1.807) is 13.4 Å². The van der Waals surface area contributed by atoms with E-state index >= 15 is 0 Å². The number of methoxy groups -OCH3 is 1. The van der Waals surface area contributed by atoms with Crippen LogP contribution in [0.4, 0.5) is 0 Å². The lowest BCUT2D eigenvalue weighted by atomic mass is 9.86. The summed E-state index contributed by atoms with van der Waals surface area (Å²) in [6.45, 7) is 7.80. The second-order valence-electron chi connectivity index (χ2n) is 7.34. The van der Waals surface area contributed by atoms with Crippen molar-refractivity contribution in [3.63, 3.8) is 0 Å². The normalized spacial score (nSPS) is 26.4. The number of carbonyl (C=O) groups is 1. The predicted molar refractivity (Wildman–Crippen MR) is 94.2 cm³/mol. The van der Waals surface area contributed by atoms with Gasteiger partial charge in [-0.15, -0.1) is 0 Å². The summed E-state index contributed by atoms with van der Waals surface area (Å²) >= 11 is 0. The number of amides is 1. The first-order valence-electron chi connectivity index (χ1n) is 9.14. The van der Waals surface area contributed by atoms with Gasteiger partial charge in [0.25, 0.3) is 0 Å². The van der Waals surface area contributed by atoms with Crippen molar-refractivity contribution >= 4 is 5.91 Å². The maximum Gasteiger partial charge on any atom is 0.222 e. The SMILES string of the molecule is COCCN1CCC2(CCC1=O)CN(Cc1coc(C)n1)CCN2C. The van der Waals surface area contributed by atoms with Gasteiger partial charge in [-0.25, -0.2) is 4.98 Å². The van der Waals surface area contributed by atoms with Crippen molar-refractivity contribution in [3.05, 3.63) is 17.8 Å². The van der Waals surface area contributed by atoms with Crippen LogP contribution in [0.2, 0.25) is 0 Å². The van der Waals surface area contributed by atoms with Crippen LogP contribution in [0.25, 0.3) is 0 Å². The average molecular weight is 350 g/mol. The number of hydrogen-bond donors (Lipinski definition) is 0. The van der Waals surface area contributed by atoms with E-state index in [9.17, 15) is 4.79 Å². The molecule has 0 saturated carbocycles. The summed E-state index contributed by atoms with van der Waals surface area (Å²) in [6, 6.07) is 0. The highest BCUT2D eigenvalue weighted by Crippen LogP contribution is 2.32. The molecule has 0 aromatic carbocycles. The van der Waals surface area contributed by atoms with Crippen molar-refractivity contribution in [1.82, 2.24) is 19.7 Å². The Kier molecular flexibility index (Phi) is 5.76. The Morgan fingerprint density at radius 3 is 2.88 bits per heavy atom. The lowest BCUT2D eigenvalue weighted by Crippen LogP contribution is -2.60. The smallest absolute Gasteiger partial charge is 0.222 e. The quantitative estimate of drug-likeness (QED) is 0.793. The van der Waals surface area contributed by atoms with Crippen molar-refractivity contribution in [2.24, 2.45) is 0 Å². The van der Waals surface area contributed by atoms with Crippen LogP contribution < -0.4 is 0 Å². The molecule has 7 heteroatoms. The zero-order chi connectivity index (χ0) is 17.9. The highest BCUT2D eigenvalue weighted by Gasteiger charge is 2.42. The fraction of sp³-hybridized carbons (Fsp3) is 0.778. The third-order valence-corrected chi connectivity index (χ3v) is 5.70. The number of aryl methyl sites for hydroxylation is 1. The molecule has 0 bridgehead atoms. The molecular formula is C18H30N4O3. The van der Waals surface area contributed by atoms with Crippen LogP contribution in [-0.4, -0.2) is 84.6 Å². The van der Waals surface area contributed by atoms with Crippen molar-refractivity contribution < 1.29 is 13.9 Å². The van der Waals surface area contributed by atoms with Crippen molar-refractivity contribution in [3.8, 4) is 0 Å². The molecule has 1 aromatic heterocycles. The second-order valence-corrected chi connectivity index (χ2v) is 7.34. The van der Waals surface area contributed by atoms with Crippen molar-refractivity contribution in [2.75, 3.05) is 53.5 Å². The molecule has 1 aromatic rings. The molecule has 0 N–H and O–H groups in total. The number of ether oxygens (including phenoxy) is 1. The number of hydrogen-bond acceptors (Lipinski definition) is 6. The molecule has 3 heterocycles. The fourth-order valence-electron chi connectivity index (χ4n) is 4.06. The van der Waals surface area contributed by atoms with Gasteiger partial charge in [-0.05, 0) is 19.9 Å². The summed E-state index contributed by atoms with van der Waals surface area (Å²) in [5, 5.41) is 0. The molecule has 1 spiro atoms. The van der Waals surface area contributed by atoms with Gasteiger partial charge in [0.15, 0.2) is 5.89 Å². The van der Waals surface area contributed by atoms with Crippen LogP contribution in [0.5, 0.6) is 0 Å². The van der Waals surface area contributed by atoms with E-state index in [1.165, 1.54) is 0 Å². The van der Waals surface area contributed by atoms with Gasteiger partial charge >= 0.3 is 0 Å². The van der Waals surface area contributed by atoms with Gasteiger partial charge < -0.3 is 14.1 Å². The average Bonchev–Trinajstić information content (AvgIpc) is 2.93. The molecular weight excluding hydrogens is 320 g/mol. The third-order valence-electron chi connectivity index (χ3n) is 5.70. The van der Waals surface area contributed by atoms with Crippen LogP contribution in [0.1, 0.15) is 30.8 Å². The molecule has 1 atom stereocenters. The number of piperazine rings is 1. The van der Waals surface area contributed by atoms with E-state index in [4.69, 9.17) is 9.15 Å². The monoisotopic (exact) mass is 350 g/mol. The molecule has 140 valence electrons. The third kappa shape index (κ3) is 4.22. The summed E-state index contributed by atoms with van der Waals surface area (Å²) in [5.74, 6) is 0.972.